The summed E-state index contributed by atoms with van der Waals surface area (Å²) in [4.78, 5) is 4.85. The van der Waals surface area contributed by atoms with Crippen LogP contribution >= 0.6 is 0 Å². The van der Waals surface area contributed by atoms with E-state index in [-0.39, 0.29) is 11.4 Å². The highest BCUT2D eigenvalue weighted by molar-refractivity contribution is 5.50. The zero-order valence-electron chi connectivity index (χ0n) is 18.8. The monoisotopic (exact) mass is 428 g/mol. The Kier molecular flexibility index (Phi) is 6.68. The van der Waals surface area contributed by atoms with Crippen molar-refractivity contribution in [2.45, 2.75) is 31.8 Å². The predicted molar refractivity (Wildman–Crippen MR) is 121 cm³/mol. The molecule has 0 amide bonds. The Morgan fingerprint density at radius 2 is 1.68 bits per heavy atom. The third kappa shape index (κ3) is 4.80. The number of halogens is 1. The summed E-state index contributed by atoms with van der Waals surface area (Å²) >= 11 is 0. The van der Waals surface area contributed by atoms with Gasteiger partial charge >= 0.3 is 0 Å². The van der Waals surface area contributed by atoms with Crippen LogP contribution in [0.4, 0.5) is 10.1 Å². The van der Waals surface area contributed by atoms with Gasteiger partial charge in [-0.1, -0.05) is 0 Å². The van der Waals surface area contributed by atoms with Gasteiger partial charge in [0.2, 0.25) is 0 Å². The van der Waals surface area contributed by atoms with Gasteiger partial charge in [-0.3, -0.25) is 4.90 Å². The molecule has 2 heterocycles. The Hall–Kier alpha value is -2.31. The van der Waals surface area contributed by atoms with Crippen LogP contribution < -0.4 is 14.4 Å². The molecule has 0 spiro atoms. The first kappa shape index (κ1) is 21.9. The van der Waals surface area contributed by atoms with E-state index in [0.29, 0.717) is 0 Å². The number of nitrogens with zero attached hydrogens (tertiary/aromatic N) is 2. The maximum atomic E-state index is 13.2. The van der Waals surface area contributed by atoms with Gasteiger partial charge in [0.05, 0.1) is 26.4 Å². The van der Waals surface area contributed by atoms with Crippen LogP contribution in [0.5, 0.6) is 11.5 Å². The van der Waals surface area contributed by atoms with Crippen molar-refractivity contribution < 1.29 is 18.6 Å². The molecule has 2 aromatic rings. The lowest BCUT2D eigenvalue weighted by Crippen LogP contribution is -2.47. The third-order valence-corrected chi connectivity index (χ3v) is 6.66. The van der Waals surface area contributed by atoms with E-state index in [1.807, 2.05) is 12.1 Å². The van der Waals surface area contributed by atoms with Crippen molar-refractivity contribution in [3.05, 3.63) is 53.3 Å². The maximum absolute atomic E-state index is 13.2. The molecule has 0 bridgehead atoms. The van der Waals surface area contributed by atoms with E-state index < -0.39 is 0 Å². The van der Waals surface area contributed by atoms with Gasteiger partial charge in [0, 0.05) is 31.9 Å². The highest BCUT2D eigenvalue weighted by Crippen LogP contribution is 2.42. The second-order valence-corrected chi connectivity index (χ2v) is 8.60. The standard InChI is InChI=1S/C25H33FN2O3/c1-25(22-18-24(30-3)23(29-2)17-19(22)9-16-31-25)10-4-11-27-12-14-28(15-13-27)21-7-5-20(26)6-8-21/h5-8,17-18H,4,9-16H2,1-3H3. The number of hydrogen-bond donors (Lipinski definition) is 0. The van der Waals surface area contributed by atoms with Gasteiger partial charge in [0.1, 0.15) is 5.82 Å². The van der Waals surface area contributed by atoms with E-state index in [9.17, 15) is 4.39 Å². The van der Waals surface area contributed by atoms with Crippen LogP contribution in [0.15, 0.2) is 36.4 Å². The lowest BCUT2D eigenvalue weighted by Gasteiger charge is -2.39. The average Bonchev–Trinajstić information content (AvgIpc) is 2.79. The minimum Gasteiger partial charge on any atom is -0.493 e. The number of fused-ring (bicyclic) bond motifs is 1. The molecule has 0 aliphatic carbocycles. The first-order valence-corrected chi connectivity index (χ1v) is 11.1. The lowest BCUT2D eigenvalue weighted by atomic mass is 9.84. The fourth-order valence-corrected chi connectivity index (χ4v) is 4.81. The van der Waals surface area contributed by atoms with Crippen LogP contribution in [-0.2, 0) is 16.8 Å². The lowest BCUT2D eigenvalue weighted by molar-refractivity contribution is -0.0548. The van der Waals surface area contributed by atoms with Gasteiger partial charge < -0.3 is 19.1 Å². The summed E-state index contributed by atoms with van der Waals surface area (Å²) < 4.78 is 30.5. The Balaban J connectivity index is 1.33. The molecule has 2 aliphatic rings. The molecule has 4 rings (SSSR count). The molecule has 2 aliphatic heterocycles. The van der Waals surface area contributed by atoms with Crippen LogP contribution in [0.3, 0.4) is 0 Å². The Labute approximate surface area is 184 Å². The SMILES string of the molecule is COc1cc2c(cc1OC)C(C)(CCCN1CCN(c3ccc(F)cc3)CC1)OCC2. The van der Waals surface area contributed by atoms with Crippen LogP contribution in [0.2, 0.25) is 0 Å². The van der Waals surface area contributed by atoms with Gasteiger partial charge in [-0.25, -0.2) is 4.39 Å². The topological polar surface area (TPSA) is 34.2 Å². The Morgan fingerprint density at radius 1 is 1.00 bits per heavy atom. The van der Waals surface area contributed by atoms with Gasteiger partial charge in [0.15, 0.2) is 11.5 Å². The number of hydrogen-bond acceptors (Lipinski definition) is 5. The van der Waals surface area contributed by atoms with Crippen molar-refractivity contribution in [3.63, 3.8) is 0 Å². The van der Waals surface area contributed by atoms with Crippen LogP contribution in [-0.4, -0.2) is 58.5 Å². The van der Waals surface area contributed by atoms with E-state index in [2.05, 4.69) is 28.9 Å². The van der Waals surface area contributed by atoms with Crippen molar-refractivity contribution in [2.75, 3.05) is 58.5 Å². The number of benzene rings is 2. The van der Waals surface area contributed by atoms with Crippen LogP contribution in [0.1, 0.15) is 30.9 Å². The molecule has 0 aromatic heterocycles. The minimum absolute atomic E-state index is 0.182. The van der Waals surface area contributed by atoms with Crippen molar-refractivity contribution >= 4 is 5.69 Å². The predicted octanol–water partition coefficient (Wildman–Crippen LogP) is 4.23. The summed E-state index contributed by atoms with van der Waals surface area (Å²) in [7, 11) is 3.36. The summed E-state index contributed by atoms with van der Waals surface area (Å²) in [5.41, 5.74) is 3.31. The molecule has 2 aromatic carbocycles. The number of piperazine rings is 1. The van der Waals surface area contributed by atoms with Crippen molar-refractivity contribution in [1.82, 2.24) is 4.90 Å². The molecule has 31 heavy (non-hydrogen) atoms. The van der Waals surface area contributed by atoms with Gasteiger partial charge in [-0.15, -0.1) is 0 Å². The van der Waals surface area contributed by atoms with Gasteiger partial charge in [-0.05, 0) is 80.3 Å². The number of rotatable bonds is 7. The third-order valence-electron chi connectivity index (χ3n) is 6.66. The normalized spacial score (nSPS) is 21.6. The van der Waals surface area contributed by atoms with E-state index in [1.54, 1.807) is 14.2 Å². The minimum atomic E-state index is -0.303. The number of methoxy groups -OCH3 is 2. The van der Waals surface area contributed by atoms with E-state index in [1.165, 1.54) is 23.3 Å². The van der Waals surface area contributed by atoms with E-state index in [0.717, 1.165) is 75.8 Å². The first-order valence-electron chi connectivity index (χ1n) is 11.1. The molecule has 168 valence electrons. The summed E-state index contributed by atoms with van der Waals surface area (Å²) in [5.74, 6) is 1.36. The molecule has 1 atom stereocenters. The molecule has 0 saturated carbocycles. The average molecular weight is 429 g/mol. The zero-order valence-corrected chi connectivity index (χ0v) is 18.8. The molecule has 6 heteroatoms. The highest BCUT2D eigenvalue weighted by atomic mass is 19.1. The fraction of sp³-hybridized carbons (Fsp3) is 0.520. The van der Waals surface area contributed by atoms with Crippen molar-refractivity contribution in [1.29, 1.82) is 0 Å². The molecule has 1 saturated heterocycles. The van der Waals surface area contributed by atoms with Crippen LogP contribution in [0, 0.1) is 5.82 Å². The van der Waals surface area contributed by atoms with Crippen molar-refractivity contribution in [2.24, 2.45) is 0 Å². The maximum Gasteiger partial charge on any atom is 0.161 e. The van der Waals surface area contributed by atoms with E-state index in [4.69, 9.17) is 14.2 Å². The fourth-order valence-electron chi connectivity index (χ4n) is 4.81. The summed E-state index contributed by atoms with van der Waals surface area (Å²) in [5, 5.41) is 0. The quantitative estimate of drug-likeness (QED) is 0.659. The van der Waals surface area contributed by atoms with E-state index >= 15 is 0 Å². The molecule has 1 fully saturated rings. The second kappa shape index (κ2) is 9.45. The van der Waals surface area contributed by atoms with Gasteiger partial charge in [0.25, 0.3) is 0 Å². The van der Waals surface area contributed by atoms with Gasteiger partial charge in [-0.2, -0.15) is 0 Å². The summed E-state index contributed by atoms with van der Waals surface area (Å²) in [6, 6.07) is 11.0. The molecule has 0 N–H and O–H groups in total. The summed E-state index contributed by atoms with van der Waals surface area (Å²) in [6.45, 7) is 7.98. The zero-order chi connectivity index (χ0) is 21.8. The molecular weight excluding hydrogens is 395 g/mol. The Morgan fingerprint density at radius 3 is 2.35 bits per heavy atom. The Bertz CT molecular complexity index is 881. The highest BCUT2D eigenvalue weighted by Gasteiger charge is 2.34. The summed E-state index contributed by atoms with van der Waals surface area (Å²) in [6.07, 6.45) is 2.94. The second-order valence-electron chi connectivity index (χ2n) is 8.60. The molecular formula is C25H33FN2O3. The molecule has 0 radical (unpaired) electrons. The molecule has 5 nitrogen and oxygen atoms in total. The van der Waals surface area contributed by atoms with Crippen LogP contribution in [0.25, 0.3) is 0 Å². The van der Waals surface area contributed by atoms with Crippen molar-refractivity contribution in [3.8, 4) is 11.5 Å². The first-order chi connectivity index (χ1) is 15.0. The smallest absolute Gasteiger partial charge is 0.161 e. The molecule has 1 unspecified atom stereocenters. The number of anilines is 1. The number of ether oxygens (including phenoxy) is 3. The largest absolute Gasteiger partial charge is 0.493 e.